The van der Waals surface area contributed by atoms with E-state index in [1.807, 2.05) is 4.90 Å². The van der Waals surface area contributed by atoms with E-state index in [-0.39, 0.29) is 11.8 Å². The van der Waals surface area contributed by atoms with Crippen LogP contribution in [-0.4, -0.2) is 34.9 Å². The smallest absolute Gasteiger partial charge is 0.357 e. The van der Waals surface area contributed by atoms with Crippen LogP contribution in [0.5, 0.6) is 0 Å². The molecular weight excluding hydrogens is 312 g/mol. The zero-order valence-corrected chi connectivity index (χ0v) is 14.9. The maximum atomic E-state index is 12.7. The number of nitrogens with zero attached hydrogens (tertiary/aromatic N) is 2. The van der Waals surface area contributed by atoms with Crippen LogP contribution in [0, 0.1) is 5.92 Å². The summed E-state index contributed by atoms with van der Waals surface area (Å²) in [6.45, 7) is 5.43. The van der Waals surface area contributed by atoms with E-state index in [2.05, 4.69) is 11.9 Å². The van der Waals surface area contributed by atoms with E-state index in [0.29, 0.717) is 18.8 Å². The van der Waals surface area contributed by atoms with E-state index in [9.17, 15) is 9.59 Å². The molecular formula is C17H26N2O3S. The van der Waals surface area contributed by atoms with Gasteiger partial charge in [-0.3, -0.25) is 4.79 Å². The Bertz CT molecular complexity index is 524. The molecule has 1 heterocycles. The first-order chi connectivity index (χ1) is 11.2. The van der Waals surface area contributed by atoms with E-state index in [1.165, 1.54) is 17.8 Å². The van der Waals surface area contributed by atoms with Gasteiger partial charge in [-0.25, -0.2) is 9.78 Å². The molecule has 0 bridgehead atoms. The van der Waals surface area contributed by atoms with E-state index in [4.69, 9.17) is 4.74 Å². The normalized spacial score (nSPS) is 15.4. The highest BCUT2D eigenvalue weighted by atomic mass is 32.1. The Morgan fingerprint density at radius 3 is 2.70 bits per heavy atom. The fourth-order valence-corrected chi connectivity index (χ4v) is 3.77. The molecule has 1 fully saturated rings. The summed E-state index contributed by atoms with van der Waals surface area (Å²) in [7, 11) is 0. The lowest BCUT2D eigenvalue weighted by Gasteiger charge is -2.28. The number of hydrogen-bond donors (Lipinski definition) is 0. The molecule has 0 aromatic carbocycles. The van der Waals surface area contributed by atoms with Crippen molar-refractivity contribution in [2.75, 3.05) is 13.2 Å². The molecule has 1 aliphatic rings. The molecule has 1 aliphatic carbocycles. The van der Waals surface area contributed by atoms with Crippen LogP contribution in [0.1, 0.15) is 67.9 Å². The molecule has 5 nitrogen and oxygen atoms in total. The van der Waals surface area contributed by atoms with Crippen molar-refractivity contribution in [3.05, 3.63) is 16.1 Å². The lowest BCUT2D eigenvalue weighted by molar-refractivity contribution is -0.137. The minimum Gasteiger partial charge on any atom is -0.461 e. The van der Waals surface area contributed by atoms with Gasteiger partial charge >= 0.3 is 5.97 Å². The summed E-state index contributed by atoms with van der Waals surface area (Å²) < 4.78 is 4.96. The molecule has 0 atom stereocenters. The lowest BCUT2D eigenvalue weighted by Crippen LogP contribution is -2.37. The number of hydrogen-bond acceptors (Lipinski definition) is 5. The SMILES string of the molecule is CCCN(Cc1nc(C(=O)OCC)cs1)C(=O)C1CCCCC1. The molecule has 0 aliphatic heterocycles. The number of carbonyl (C=O) groups is 2. The van der Waals surface area contributed by atoms with Crippen LogP contribution in [-0.2, 0) is 16.1 Å². The van der Waals surface area contributed by atoms with Crippen LogP contribution in [0.2, 0.25) is 0 Å². The first-order valence-corrected chi connectivity index (χ1v) is 9.44. The fourth-order valence-electron chi connectivity index (χ4n) is 2.99. The Morgan fingerprint density at radius 2 is 2.04 bits per heavy atom. The van der Waals surface area contributed by atoms with Crippen molar-refractivity contribution < 1.29 is 14.3 Å². The third-order valence-electron chi connectivity index (χ3n) is 4.12. The monoisotopic (exact) mass is 338 g/mol. The first kappa shape index (κ1) is 17.9. The zero-order valence-electron chi connectivity index (χ0n) is 14.0. The number of aromatic nitrogens is 1. The van der Waals surface area contributed by atoms with Crippen molar-refractivity contribution in [3.63, 3.8) is 0 Å². The summed E-state index contributed by atoms with van der Waals surface area (Å²) >= 11 is 1.42. The predicted molar refractivity (Wildman–Crippen MR) is 90.4 cm³/mol. The van der Waals surface area contributed by atoms with Gasteiger partial charge in [0.2, 0.25) is 5.91 Å². The molecule has 0 unspecified atom stereocenters. The largest absolute Gasteiger partial charge is 0.461 e. The zero-order chi connectivity index (χ0) is 16.7. The Kier molecular flexibility index (Phi) is 7.02. The summed E-state index contributed by atoms with van der Waals surface area (Å²) in [6.07, 6.45) is 6.48. The van der Waals surface area contributed by atoms with Crippen LogP contribution in [0.15, 0.2) is 5.38 Å². The molecule has 1 aromatic heterocycles. The van der Waals surface area contributed by atoms with Crippen molar-refractivity contribution in [2.45, 2.75) is 58.9 Å². The Labute approximate surface area is 142 Å². The molecule has 128 valence electrons. The standard InChI is InChI=1S/C17H26N2O3S/c1-3-10-19(16(20)13-8-6-5-7-9-13)11-15-18-14(12-23-15)17(21)22-4-2/h12-13H,3-11H2,1-2H3. The summed E-state index contributed by atoms with van der Waals surface area (Å²) in [5.41, 5.74) is 0.341. The second-order valence-electron chi connectivity index (χ2n) is 5.94. The fraction of sp³-hybridized carbons (Fsp3) is 0.706. The van der Waals surface area contributed by atoms with Crippen LogP contribution in [0.3, 0.4) is 0 Å². The van der Waals surface area contributed by atoms with Gasteiger partial charge in [0.1, 0.15) is 5.01 Å². The van der Waals surface area contributed by atoms with Gasteiger partial charge in [0, 0.05) is 17.8 Å². The highest BCUT2D eigenvalue weighted by molar-refractivity contribution is 7.09. The van der Waals surface area contributed by atoms with Crippen LogP contribution >= 0.6 is 11.3 Å². The number of carbonyl (C=O) groups excluding carboxylic acids is 2. The molecule has 6 heteroatoms. The maximum Gasteiger partial charge on any atom is 0.357 e. The van der Waals surface area contributed by atoms with Gasteiger partial charge in [-0.2, -0.15) is 0 Å². The van der Waals surface area contributed by atoms with Gasteiger partial charge in [0.15, 0.2) is 5.69 Å². The summed E-state index contributed by atoms with van der Waals surface area (Å²) in [5.74, 6) is 0.0230. The maximum absolute atomic E-state index is 12.7. The van der Waals surface area contributed by atoms with E-state index in [0.717, 1.165) is 43.7 Å². The molecule has 1 amide bonds. The lowest BCUT2D eigenvalue weighted by atomic mass is 9.88. The highest BCUT2D eigenvalue weighted by Gasteiger charge is 2.26. The summed E-state index contributed by atoms with van der Waals surface area (Å²) in [6, 6.07) is 0. The van der Waals surface area contributed by atoms with E-state index >= 15 is 0 Å². The minimum absolute atomic E-state index is 0.166. The quantitative estimate of drug-likeness (QED) is 0.712. The molecule has 1 aromatic rings. The van der Waals surface area contributed by atoms with Gasteiger partial charge in [0.25, 0.3) is 0 Å². The van der Waals surface area contributed by atoms with Gasteiger partial charge in [-0.1, -0.05) is 26.2 Å². The van der Waals surface area contributed by atoms with E-state index in [1.54, 1.807) is 12.3 Å². The minimum atomic E-state index is -0.393. The van der Waals surface area contributed by atoms with Crippen molar-refractivity contribution in [1.29, 1.82) is 0 Å². The summed E-state index contributed by atoms with van der Waals surface area (Å²) in [4.78, 5) is 30.7. The number of thiazole rings is 1. The van der Waals surface area contributed by atoms with Crippen LogP contribution in [0.25, 0.3) is 0 Å². The van der Waals surface area contributed by atoms with Crippen molar-refractivity contribution in [3.8, 4) is 0 Å². The highest BCUT2D eigenvalue weighted by Crippen LogP contribution is 2.26. The average molecular weight is 338 g/mol. The summed E-state index contributed by atoms with van der Waals surface area (Å²) in [5, 5.41) is 2.51. The second-order valence-corrected chi connectivity index (χ2v) is 6.88. The number of rotatable bonds is 7. The van der Waals surface area contributed by atoms with Gasteiger partial charge < -0.3 is 9.64 Å². The van der Waals surface area contributed by atoms with Crippen LogP contribution < -0.4 is 0 Å². The van der Waals surface area contributed by atoms with Crippen molar-refractivity contribution in [1.82, 2.24) is 9.88 Å². The number of esters is 1. The Morgan fingerprint density at radius 1 is 1.30 bits per heavy atom. The average Bonchev–Trinajstić information content (AvgIpc) is 3.03. The van der Waals surface area contributed by atoms with Crippen LogP contribution in [0.4, 0.5) is 0 Å². The Hall–Kier alpha value is -1.43. The second kappa shape index (κ2) is 9.01. The molecule has 1 saturated carbocycles. The van der Waals surface area contributed by atoms with Gasteiger partial charge in [-0.15, -0.1) is 11.3 Å². The molecule has 0 radical (unpaired) electrons. The molecule has 0 N–H and O–H groups in total. The molecule has 2 rings (SSSR count). The molecule has 0 saturated heterocycles. The molecule has 23 heavy (non-hydrogen) atoms. The third kappa shape index (κ3) is 5.03. The topological polar surface area (TPSA) is 59.5 Å². The third-order valence-corrected chi connectivity index (χ3v) is 4.96. The number of amides is 1. The molecule has 0 spiro atoms. The van der Waals surface area contributed by atoms with Gasteiger partial charge in [-0.05, 0) is 26.2 Å². The Balaban J connectivity index is 2.01. The van der Waals surface area contributed by atoms with E-state index < -0.39 is 5.97 Å². The first-order valence-electron chi connectivity index (χ1n) is 8.56. The van der Waals surface area contributed by atoms with Crippen molar-refractivity contribution >= 4 is 23.2 Å². The number of ether oxygens (including phenoxy) is 1. The predicted octanol–water partition coefficient (Wildman–Crippen LogP) is 3.64. The van der Waals surface area contributed by atoms with Gasteiger partial charge in [0.05, 0.1) is 13.2 Å². The van der Waals surface area contributed by atoms with Crippen molar-refractivity contribution in [2.24, 2.45) is 5.92 Å².